The third-order valence-corrected chi connectivity index (χ3v) is 3.59. The molecule has 0 spiro atoms. The van der Waals surface area contributed by atoms with Gasteiger partial charge in [0.2, 0.25) is 5.28 Å². The second kappa shape index (κ2) is 5.66. The Kier molecular flexibility index (Phi) is 3.81. The number of halogens is 3. The molecule has 0 saturated carbocycles. The normalized spacial score (nSPS) is 11.0. The van der Waals surface area contributed by atoms with Gasteiger partial charge in [0, 0.05) is 5.56 Å². The van der Waals surface area contributed by atoms with E-state index in [-0.39, 0.29) is 27.7 Å². The predicted octanol–water partition coefficient (Wildman–Crippen LogP) is 3.64. The summed E-state index contributed by atoms with van der Waals surface area (Å²) >= 11 is 5.91. The molecule has 23 heavy (non-hydrogen) atoms. The summed E-state index contributed by atoms with van der Waals surface area (Å²) in [7, 11) is 1.18. The van der Waals surface area contributed by atoms with E-state index in [1.807, 2.05) is 0 Å². The third kappa shape index (κ3) is 2.57. The molecule has 0 atom stereocenters. The van der Waals surface area contributed by atoms with Crippen LogP contribution in [0.5, 0.6) is 5.75 Å². The Balaban J connectivity index is 2.39. The van der Waals surface area contributed by atoms with Gasteiger partial charge in [0.1, 0.15) is 11.2 Å². The summed E-state index contributed by atoms with van der Waals surface area (Å²) in [5, 5.41) is -0.104. The zero-order valence-corrected chi connectivity index (χ0v) is 13.2. The van der Waals surface area contributed by atoms with Crippen molar-refractivity contribution < 1.29 is 13.5 Å². The average Bonchev–Trinajstić information content (AvgIpc) is 2.49. The van der Waals surface area contributed by atoms with E-state index < -0.39 is 17.4 Å². The smallest absolute Gasteiger partial charge is 0.225 e. The molecule has 0 aliphatic heterocycles. The molecule has 0 radical (unpaired) electrons. The molecule has 3 aromatic rings. The average molecular weight is 337 g/mol. The van der Waals surface area contributed by atoms with Crippen LogP contribution in [0.1, 0.15) is 11.4 Å². The Morgan fingerprint density at radius 1 is 1.00 bits per heavy atom. The number of rotatable bonds is 2. The fraction of sp³-hybridized carbons (Fsp3) is 0.200. The van der Waals surface area contributed by atoms with Crippen LogP contribution in [0.4, 0.5) is 8.78 Å². The second-order valence-corrected chi connectivity index (χ2v) is 5.19. The quantitative estimate of drug-likeness (QED) is 0.669. The minimum absolute atomic E-state index is 0.00935. The highest BCUT2D eigenvalue weighted by molar-refractivity contribution is 6.28. The SMILES string of the molecule is COc1c(F)ccc(-c2nc(Cl)nc3nc(C)c(C)nc23)c1F. The fourth-order valence-corrected chi connectivity index (χ4v) is 2.34. The highest BCUT2D eigenvalue weighted by Crippen LogP contribution is 2.33. The van der Waals surface area contributed by atoms with Crippen molar-refractivity contribution in [2.45, 2.75) is 13.8 Å². The Bertz CT molecular complexity index is 933. The van der Waals surface area contributed by atoms with Crippen LogP contribution in [0.3, 0.4) is 0 Å². The first-order chi connectivity index (χ1) is 10.9. The first-order valence-electron chi connectivity index (χ1n) is 6.63. The van der Waals surface area contributed by atoms with Crippen molar-refractivity contribution in [2.24, 2.45) is 0 Å². The zero-order valence-electron chi connectivity index (χ0n) is 12.5. The van der Waals surface area contributed by atoms with Gasteiger partial charge < -0.3 is 4.74 Å². The van der Waals surface area contributed by atoms with Gasteiger partial charge in [0.15, 0.2) is 23.0 Å². The summed E-state index contributed by atoms with van der Waals surface area (Å²) in [5.74, 6) is -2.19. The highest BCUT2D eigenvalue weighted by Gasteiger charge is 2.20. The highest BCUT2D eigenvalue weighted by atomic mass is 35.5. The van der Waals surface area contributed by atoms with E-state index in [0.717, 1.165) is 6.07 Å². The number of methoxy groups -OCH3 is 1. The van der Waals surface area contributed by atoms with Gasteiger partial charge in [0.25, 0.3) is 0 Å². The van der Waals surface area contributed by atoms with E-state index in [9.17, 15) is 8.78 Å². The summed E-state index contributed by atoms with van der Waals surface area (Å²) < 4.78 is 32.9. The standard InChI is InChI=1S/C15H11ClF2N4O/c1-6-7(2)20-14-12(19-6)11(21-15(16)22-14)8-4-5-9(17)13(23-3)10(8)18/h4-5H,1-3H3. The molecule has 0 bridgehead atoms. The molecule has 0 amide bonds. The number of fused-ring (bicyclic) bond motifs is 1. The lowest BCUT2D eigenvalue weighted by Gasteiger charge is -2.10. The van der Waals surface area contributed by atoms with E-state index in [2.05, 4.69) is 19.9 Å². The van der Waals surface area contributed by atoms with Gasteiger partial charge in [-0.2, -0.15) is 4.98 Å². The van der Waals surface area contributed by atoms with Crippen molar-refractivity contribution in [1.29, 1.82) is 0 Å². The molecular formula is C15H11ClF2N4O. The number of hydrogen-bond acceptors (Lipinski definition) is 5. The van der Waals surface area contributed by atoms with Crippen molar-refractivity contribution >= 4 is 22.8 Å². The first-order valence-corrected chi connectivity index (χ1v) is 7.01. The Morgan fingerprint density at radius 3 is 2.39 bits per heavy atom. The number of hydrogen-bond donors (Lipinski definition) is 0. The van der Waals surface area contributed by atoms with Gasteiger partial charge in [-0.3, -0.25) is 0 Å². The van der Waals surface area contributed by atoms with Crippen LogP contribution in [0, 0.1) is 25.5 Å². The molecule has 0 N–H and O–H groups in total. The van der Waals surface area contributed by atoms with Gasteiger partial charge in [-0.25, -0.2) is 23.7 Å². The van der Waals surface area contributed by atoms with Crippen LogP contribution in [-0.2, 0) is 0 Å². The largest absolute Gasteiger partial charge is 0.491 e. The maximum absolute atomic E-state index is 14.5. The van der Waals surface area contributed by atoms with Crippen molar-refractivity contribution in [2.75, 3.05) is 7.11 Å². The Labute approximate surface area is 135 Å². The van der Waals surface area contributed by atoms with Crippen molar-refractivity contribution in [3.63, 3.8) is 0 Å². The molecule has 0 saturated heterocycles. The van der Waals surface area contributed by atoms with Gasteiger partial charge in [-0.15, -0.1) is 0 Å². The molecule has 2 heterocycles. The zero-order chi connectivity index (χ0) is 16.7. The van der Waals surface area contributed by atoms with Gasteiger partial charge in [-0.05, 0) is 37.6 Å². The van der Waals surface area contributed by atoms with Crippen molar-refractivity contribution in [1.82, 2.24) is 19.9 Å². The lowest BCUT2D eigenvalue weighted by molar-refractivity contribution is 0.360. The van der Waals surface area contributed by atoms with E-state index in [1.54, 1.807) is 13.8 Å². The molecule has 0 fully saturated rings. The molecule has 1 aromatic carbocycles. The number of ether oxygens (including phenoxy) is 1. The summed E-state index contributed by atoms with van der Waals surface area (Å²) in [4.78, 5) is 16.7. The van der Waals surface area contributed by atoms with E-state index >= 15 is 0 Å². The molecule has 118 valence electrons. The number of nitrogens with zero attached hydrogens (tertiary/aromatic N) is 4. The molecule has 5 nitrogen and oxygen atoms in total. The maximum atomic E-state index is 14.5. The molecule has 3 rings (SSSR count). The van der Waals surface area contributed by atoms with E-state index in [0.29, 0.717) is 11.4 Å². The third-order valence-electron chi connectivity index (χ3n) is 3.42. The molecule has 0 unspecified atom stereocenters. The summed E-state index contributed by atoms with van der Waals surface area (Å²) in [5.41, 5.74) is 1.99. The molecule has 8 heteroatoms. The molecule has 2 aromatic heterocycles. The Morgan fingerprint density at radius 2 is 1.70 bits per heavy atom. The minimum Gasteiger partial charge on any atom is -0.491 e. The topological polar surface area (TPSA) is 60.8 Å². The Hall–Kier alpha value is -2.41. The van der Waals surface area contributed by atoms with Crippen LogP contribution in [-0.4, -0.2) is 27.0 Å². The molecule has 0 aliphatic rings. The monoisotopic (exact) mass is 336 g/mol. The summed E-state index contributed by atoms with van der Waals surface area (Å²) in [6.07, 6.45) is 0. The number of aryl methyl sites for hydroxylation is 2. The van der Waals surface area contributed by atoms with Gasteiger partial charge in [-0.1, -0.05) is 0 Å². The van der Waals surface area contributed by atoms with Crippen LogP contribution in [0.15, 0.2) is 12.1 Å². The number of aromatic nitrogens is 4. The number of benzene rings is 1. The van der Waals surface area contributed by atoms with Crippen LogP contribution >= 0.6 is 11.6 Å². The maximum Gasteiger partial charge on any atom is 0.225 e. The van der Waals surface area contributed by atoms with Crippen LogP contribution < -0.4 is 4.74 Å². The minimum atomic E-state index is -0.886. The van der Waals surface area contributed by atoms with Gasteiger partial charge in [0.05, 0.1) is 18.5 Å². The van der Waals surface area contributed by atoms with Crippen molar-refractivity contribution in [3.05, 3.63) is 40.4 Å². The molecular weight excluding hydrogens is 326 g/mol. The summed E-state index contributed by atoms with van der Waals surface area (Å²) in [6.45, 7) is 3.54. The van der Waals surface area contributed by atoms with E-state index in [4.69, 9.17) is 16.3 Å². The predicted molar refractivity (Wildman–Crippen MR) is 81.5 cm³/mol. The summed E-state index contributed by atoms with van der Waals surface area (Å²) in [6, 6.07) is 2.34. The molecule has 0 aliphatic carbocycles. The van der Waals surface area contributed by atoms with Crippen molar-refractivity contribution in [3.8, 4) is 17.0 Å². The van der Waals surface area contributed by atoms with Crippen LogP contribution in [0.2, 0.25) is 5.28 Å². The fourth-order valence-electron chi connectivity index (χ4n) is 2.18. The second-order valence-electron chi connectivity index (χ2n) is 4.85. The van der Waals surface area contributed by atoms with Crippen LogP contribution in [0.25, 0.3) is 22.4 Å². The lowest BCUT2D eigenvalue weighted by atomic mass is 10.1. The van der Waals surface area contributed by atoms with Gasteiger partial charge >= 0.3 is 0 Å². The lowest BCUT2D eigenvalue weighted by Crippen LogP contribution is -2.02. The first kappa shape index (κ1) is 15.5. The van der Waals surface area contributed by atoms with E-state index in [1.165, 1.54) is 13.2 Å².